The lowest BCUT2D eigenvalue weighted by Gasteiger charge is -2.39. The van der Waals surface area contributed by atoms with E-state index in [2.05, 4.69) is 36.8 Å². The molecule has 160 valence electrons. The molecule has 1 N–H and O–H groups in total. The van der Waals surface area contributed by atoms with Gasteiger partial charge in [-0.25, -0.2) is 4.98 Å². The van der Waals surface area contributed by atoms with Gasteiger partial charge in [-0.3, -0.25) is 9.69 Å². The molecule has 3 heterocycles. The first-order chi connectivity index (χ1) is 14.5. The van der Waals surface area contributed by atoms with E-state index in [1.165, 1.54) is 0 Å². The van der Waals surface area contributed by atoms with Crippen LogP contribution in [0.15, 0.2) is 41.0 Å². The summed E-state index contributed by atoms with van der Waals surface area (Å²) in [4.78, 5) is 24.3. The van der Waals surface area contributed by atoms with Crippen molar-refractivity contribution in [2.45, 2.75) is 19.8 Å². The number of carbonyl (C=O) groups is 1. The number of rotatable bonds is 4. The Bertz CT molecular complexity index is 884. The molecular weight excluding hydrogens is 444 g/mol. The standard InChI is InChI=1S/C23H29BrN4O2/c1-17-13-19(22(29)20(24)14-17)23(30)28-8-4-5-18(16-28)15-26-9-11-27(12-10-26)21-6-2-3-7-25-21/h2-3,6-7,13-14,18,29H,4-5,8-12,15-16H2,1H3. The van der Waals surface area contributed by atoms with Crippen LogP contribution in [0.4, 0.5) is 5.82 Å². The second-order valence-corrected chi connectivity index (χ2v) is 9.23. The average molecular weight is 473 g/mol. The maximum atomic E-state index is 13.1. The quantitative estimate of drug-likeness (QED) is 0.737. The van der Waals surface area contributed by atoms with Crippen LogP contribution in [0.1, 0.15) is 28.8 Å². The van der Waals surface area contributed by atoms with Gasteiger partial charge < -0.3 is 14.9 Å². The second kappa shape index (κ2) is 9.35. The van der Waals surface area contributed by atoms with E-state index in [0.717, 1.165) is 70.0 Å². The topological polar surface area (TPSA) is 59.9 Å². The number of amides is 1. The molecule has 0 spiro atoms. The minimum atomic E-state index is -0.0680. The predicted octanol–water partition coefficient (Wildman–Crippen LogP) is 3.53. The van der Waals surface area contributed by atoms with Crippen molar-refractivity contribution in [2.24, 2.45) is 5.92 Å². The van der Waals surface area contributed by atoms with E-state index in [4.69, 9.17) is 0 Å². The summed E-state index contributed by atoms with van der Waals surface area (Å²) in [5.41, 5.74) is 1.36. The van der Waals surface area contributed by atoms with Crippen molar-refractivity contribution in [1.82, 2.24) is 14.8 Å². The van der Waals surface area contributed by atoms with Crippen LogP contribution in [0.3, 0.4) is 0 Å². The van der Waals surface area contributed by atoms with Gasteiger partial charge in [-0.05, 0) is 71.4 Å². The number of pyridine rings is 1. The van der Waals surface area contributed by atoms with E-state index < -0.39 is 0 Å². The molecular formula is C23H29BrN4O2. The van der Waals surface area contributed by atoms with E-state index in [9.17, 15) is 9.90 Å². The Morgan fingerprint density at radius 2 is 2.00 bits per heavy atom. The molecule has 2 saturated heterocycles. The molecule has 2 fully saturated rings. The smallest absolute Gasteiger partial charge is 0.257 e. The second-order valence-electron chi connectivity index (χ2n) is 8.38. The van der Waals surface area contributed by atoms with Gasteiger partial charge in [0.05, 0.1) is 10.0 Å². The third-order valence-electron chi connectivity index (χ3n) is 6.11. The Kier molecular flexibility index (Phi) is 6.58. The SMILES string of the molecule is Cc1cc(Br)c(O)c(C(=O)N2CCCC(CN3CCN(c4ccccn4)CC3)C2)c1. The van der Waals surface area contributed by atoms with E-state index >= 15 is 0 Å². The molecule has 1 aromatic heterocycles. The maximum absolute atomic E-state index is 13.1. The van der Waals surface area contributed by atoms with E-state index in [1.807, 2.05) is 36.2 Å². The number of halogens is 1. The summed E-state index contributed by atoms with van der Waals surface area (Å²) in [7, 11) is 0. The largest absolute Gasteiger partial charge is 0.506 e. The Labute approximate surface area is 186 Å². The summed E-state index contributed by atoms with van der Waals surface area (Å²) in [6.45, 7) is 8.47. The van der Waals surface area contributed by atoms with Gasteiger partial charge in [0, 0.05) is 52.0 Å². The fourth-order valence-corrected chi connectivity index (χ4v) is 5.11. The highest BCUT2D eigenvalue weighted by Crippen LogP contribution is 2.31. The molecule has 30 heavy (non-hydrogen) atoms. The zero-order chi connectivity index (χ0) is 21.1. The van der Waals surface area contributed by atoms with Crippen molar-refractivity contribution in [3.63, 3.8) is 0 Å². The van der Waals surface area contributed by atoms with Crippen molar-refractivity contribution < 1.29 is 9.90 Å². The first kappa shape index (κ1) is 21.1. The van der Waals surface area contributed by atoms with Crippen molar-refractivity contribution in [3.05, 3.63) is 52.1 Å². The number of aryl methyl sites for hydroxylation is 1. The number of benzene rings is 1. The van der Waals surface area contributed by atoms with Crippen molar-refractivity contribution in [1.29, 1.82) is 0 Å². The van der Waals surface area contributed by atoms with Crippen LogP contribution in [0.2, 0.25) is 0 Å². The lowest BCUT2D eigenvalue weighted by molar-refractivity contribution is 0.0634. The van der Waals surface area contributed by atoms with Crippen LogP contribution in [0.5, 0.6) is 5.75 Å². The summed E-state index contributed by atoms with van der Waals surface area (Å²) >= 11 is 3.35. The number of anilines is 1. The monoisotopic (exact) mass is 472 g/mol. The molecule has 2 aliphatic heterocycles. The normalized spacial score (nSPS) is 20.4. The molecule has 1 amide bonds. The van der Waals surface area contributed by atoms with Gasteiger partial charge in [0.15, 0.2) is 0 Å². The minimum absolute atomic E-state index is 0.0402. The summed E-state index contributed by atoms with van der Waals surface area (Å²) in [6.07, 6.45) is 4.01. The lowest BCUT2D eigenvalue weighted by atomic mass is 9.96. The molecule has 6 nitrogen and oxygen atoms in total. The number of aromatic hydroxyl groups is 1. The first-order valence-electron chi connectivity index (χ1n) is 10.7. The molecule has 2 aromatic rings. The number of hydrogen-bond donors (Lipinski definition) is 1. The average Bonchev–Trinajstić information content (AvgIpc) is 2.77. The number of nitrogens with zero attached hydrogens (tertiary/aromatic N) is 4. The van der Waals surface area contributed by atoms with Crippen LogP contribution in [-0.4, -0.2) is 71.6 Å². The van der Waals surface area contributed by atoms with Crippen LogP contribution in [0.25, 0.3) is 0 Å². The molecule has 0 saturated carbocycles. The number of hydrogen-bond acceptors (Lipinski definition) is 5. The molecule has 1 unspecified atom stereocenters. The lowest BCUT2D eigenvalue weighted by Crippen LogP contribution is -2.50. The summed E-state index contributed by atoms with van der Waals surface area (Å²) < 4.78 is 0.574. The minimum Gasteiger partial charge on any atom is -0.506 e. The fourth-order valence-electron chi connectivity index (χ4n) is 4.53. The highest BCUT2D eigenvalue weighted by Gasteiger charge is 2.29. The van der Waals surface area contributed by atoms with Crippen LogP contribution in [-0.2, 0) is 0 Å². The van der Waals surface area contributed by atoms with E-state index in [0.29, 0.717) is 16.0 Å². The van der Waals surface area contributed by atoms with Crippen LogP contribution >= 0.6 is 15.9 Å². The maximum Gasteiger partial charge on any atom is 0.257 e. The summed E-state index contributed by atoms with van der Waals surface area (Å²) in [5, 5.41) is 10.4. The number of aromatic nitrogens is 1. The first-order valence-corrected chi connectivity index (χ1v) is 11.5. The zero-order valence-electron chi connectivity index (χ0n) is 17.4. The van der Waals surface area contributed by atoms with Crippen LogP contribution in [0, 0.1) is 12.8 Å². The third kappa shape index (κ3) is 4.78. The van der Waals surface area contributed by atoms with Gasteiger partial charge in [0.2, 0.25) is 0 Å². The van der Waals surface area contributed by atoms with Crippen molar-refractivity contribution in [2.75, 3.05) is 50.7 Å². The number of phenols is 1. The summed E-state index contributed by atoms with van der Waals surface area (Å²) in [5.74, 6) is 1.50. The fraction of sp³-hybridized carbons (Fsp3) is 0.478. The Balaban J connectivity index is 1.33. The predicted molar refractivity (Wildman–Crippen MR) is 122 cm³/mol. The Morgan fingerprint density at radius 1 is 1.20 bits per heavy atom. The molecule has 0 aliphatic carbocycles. The van der Waals surface area contributed by atoms with Gasteiger partial charge in [-0.15, -0.1) is 0 Å². The number of phenolic OH excluding ortho intramolecular Hbond substituents is 1. The van der Waals surface area contributed by atoms with Gasteiger partial charge >= 0.3 is 0 Å². The van der Waals surface area contributed by atoms with Gasteiger partial charge in [0.25, 0.3) is 5.91 Å². The zero-order valence-corrected chi connectivity index (χ0v) is 19.0. The number of likely N-dealkylation sites (tertiary alicyclic amines) is 1. The number of piperidine rings is 1. The van der Waals surface area contributed by atoms with Crippen molar-refractivity contribution >= 4 is 27.7 Å². The van der Waals surface area contributed by atoms with Gasteiger partial charge in [-0.2, -0.15) is 0 Å². The van der Waals surface area contributed by atoms with Gasteiger partial charge in [-0.1, -0.05) is 6.07 Å². The molecule has 4 rings (SSSR count). The van der Waals surface area contributed by atoms with E-state index in [1.54, 1.807) is 6.07 Å². The molecule has 1 atom stereocenters. The number of piperazine rings is 1. The highest BCUT2D eigenvalue weighted by atomic mass is 79.9. The molecule has 7 heteroatoms. The molecule has 2 aliphatic rings. The summed E-state index contributed by atoms with van der Waals surface area (Å²) in [6, 6.07) is 9.66. The van der Waals surface area contributed by atoms with E-state index in [-0.39, 0.29) is 11.7 Å². The molecule has 1 aromatic carbocycles. The molecule has 0 bridgehead atoms. The Morgan fingerprint density at radius 3 is 2.73 bits per heavy atom. The van der Waals surface area contributed by atoms with Crippen LogP contribution < -0.4 is 4.90 Å². The Hall–Kier alpha value is -2.12. The molecule has 0 radical (unpaired) electrons. The third-order valence-corrected chi connectivity index (χ3v) is 6.71. The highest BCUT2D eigenvalue weighted by molar-refractivity contribution is 9.10. The van der Waals surface area contributed by atoms with Gasteiger partial charge in [0.1, 0.15) is 11.6 Å². The van der Waals surface area contributed by atoms with Crippen molar-refractivity contribution in [3.8, 4) is 5.75 Å². The number of carbonyl (C=O) groups excluding carboxylic acids is 1.